The Balaban J connectivity index is 3.19. The first kappa shape index (κ1) is 12.0. The first-order valence-corrected chi connectivity index (χ1v) is 4.12. The molecule has 0 aliphatic heterocycles. The minimum atomic E-state index is -3.15. The molecule has 16 heavy (non-hydrogen) atoms. The van der Waals surface area contributed by atoms with Gasteiger partial charge in [-0.25, -0.2) is 8.78 Å². The van der Waals surface area contributed by atoms with Gasteiger partial charge < -0.3 is 4.74 Å². The number of ketones is 1. The zero-order chi connectivity index (χ0) is 12.3. The third kappa shape index (κ3) is 2.30. The fourth-order valence-corrected chi connectivity index (χ4v) is 1.11. The van der Waals surface area contributed by atoms with Crippen molar-refractivity contribution >= 4 is 11.5 Å². The summed E-state index contributed by atoms with van der Waals surface area (Å²) in [4.78, 5) is 20.7. The van der Waals surface area contributed by atoms with Crippen LogP contribution in [0, 0.1) is 10.1 Å². The summed E-state index contributed by atoms with van der Waals surface area (Å²) >= 11 is 0. The van der Waals surface area contributed by atoms with Crippen molar-refractivity contribution in [2.75, 3.05) is 7.11 Å². The van der Waals surface area contributed by atoms with Crippen LogP contribution in [0.1, 0.15) is 10.4 Å². The summed E-state index contributed by atoms with van der Waals surface area (Å²) in [7, 11) is 1.15. The number of Topliss-reactive ketones (excluding diaryl/α,β-unsaturated/α-hetero) is 1. The van der Waals surface area contributed by atoms with E-state index in [1.54, 1.807) is 0 Å². The molecule has 0 aliphatic rings. The van der Waals surface area contributed by atoms with Gasteiger partial charge in [-0.05, 0) is 12.1 Å². The number of ether oxygens (including phenoxy) is 1. The van der Waals surface area contributed by atoms with Gasteiger partial charge in [0.1, 0.15) is 0 Å². The molecular formula is C9H7F2NO4. The number of hydrogen-bond donors (Lipinski definition) is 0. The van der Waals surface area contributed by atoms with E-state index in [1.165, 1.54) is 0 Å². The van der Waals surface area contributed by atoms with Gasteiger partial charge in [-0.2, -0.15) is 0 Å². The highest BCUT2D eigenvalue weighted by Crippen LogP contribution is 2.28. The van der Waals surface area contributed by atoms with Crippen LogP contribution in [-0.2, 0) is 0 Å². The molecule has 0 saturated heterocycles. The van der Waals surface area contributed by atoms with Crippen molar-refractivity contribution in [1.29, 1.82) is 0 Å². The van der Waals surface area contributed by atoms with E-state index in [0.717, 1.165) is 25.3 Å². The molecule has 0 aliphatic carbocycles. The lowest BCUT2D eigenvalue weighted by atomic mass is 10.1. The minimum Gasteiger partial charge on any atom is -0.490 e. The normalized spacial score (nSPS) is 10.2. The van der Waals surface area contributed by atoms with Crippen LogP contribution < -0.4 is 4.74 Å². The predicted octanol–water partition coefficient (Wildman–Crippen LogP) is 2.05. The van der Waals surface area contributed by atoms with E-state index in [4.69, 9.17) is 0 Å². The van der Waals surface area contributed by atoms with Gasteiger partial charge in [0.15, 0.2) is 5.75 Å². The number of nitro groups is 1. The van der Waals surface area contributed by atoms with Crippen LogP contribution in [0.15, 0.2) is 18.2 Å². The molecule has 7 heteroatoms. The molecule has 0 saturated carbocycles. The monoisotopic (exact) mass is 231 g/mol. The molecule has 86 valence electrons. The third-order valence-corrected chi connectivity index (χ3v) is 1.86. The first-order chi connectivity index (χ1) is 7.47. The Kier molecular flexibility index (Phi) is 3.49. The highest BCUT2D eigenvalue weighted by atomic mass is 19.3. The summed E-state index contributed by atoms with van der Waals surface area (Å²) in [6.45, 7) is 0. The standard InChI is InChI=1S/C9H7F2NO4/c1-16-7-4-5(8(13)9(10)11)2-3-6(7)12(14)15/h2-4,9H,1H3. The van der Waals surface area contributed by atoms with Crippen molar-refractivity contribution in [3.05, 3.63) is 33.9 Å². The van der Waals surface area contributed by atoms with Gasteiger partial charge in [0, 0.05) is 11.6 Å². The number of carbonyl (C=O) groups is 1. The zero-order valence-electron chi connectivity index (χ0n) is 8.15. The summed E-state index contributed by atoms with van der Waals surface area (Å²) in [6.07, 6.45) is -3.15. The number of alkyl halides is 2. The van der Waals surface area contributed by atoms with Crippen LogP contribution in [0.4, 0.5) is 14.5 Å². The minimum absolute atomic E-state index is 0.225. The van der Waals surface area contributed by atoms with Gasteiger partial charge in [0.05, 0.1) is 12.0 Å². The summed E-state index contributed by atoms with van der Waals surface area (Å²) < 4.78 is 28.8. The molecule has 0 N–H and O–H groups in total. The number of carbonyl (C=O) groups excluding carboxylic acids is 1. The number of nitrogens with zero attached hydrogens (tertiary/aromatic N) is 1. The predicted molar refractivity (Wildman–Crippen MR) is 50.0 cm³/mol. The van der Waals surface area contributed by atoms with Crippen LogP contribution in [0.3, 0.4) is 0 Å². The van der Waals surface area contributed by atoms with Crippen molar-refractivity contribution in [1.82, 2.24) is 0 Å². The van der Waals surface area contributed by atoms with E-state index in [9.17, 15) is 23.7 Å². The Labute approximate surface area is 88.8 Å². The van der Waals surface area contributed by atoms with Gasteiger partial charge in [0.25, 0.3) is 0 Å². The smallest absolute Gasteiger partial charge is 0.310 e. The summed E-state index contributed by atoms with van der Waals surface area (Å²) in [5.74, 6) is -1.62. The topological polar surface area (TPSA) is 69.4 Å². The Hall–Kier alpha value is -2.05. The molecule has 1 aromatic carbocycles. The van der Waals surface area contributed by atoms with E-state index in [0.29, 0.717) is 0 Å². The highest BCUT2D eigenvalue weighted by Gasteiger charge is 2.22. The summed E-state index contributed by atoms with van der Waals surface area (Å²) in [5, 5.41) is 10.5. The Morgan fingerprint density at radius 2 is 2.12 bits per heavy atom. The lowest BCUT2D eigenvalue weighted by molar-refractivity contribution is -0.385. The zero-order valence-corrected chi connectivity index (χ0v) is 8.15. The average molecular weight is 231 g/mol. The lowest BCUT2D eigenvalue weighted by Crippen LogP contribution is -2.10. The second-order valence-corrected chi connectivity index (χ2v) is 2.81. The maximum absolute atomic E-state index is 12.1. The van der Waals surface area contributed by atoms with Crippen molar-refractivity contribution in [3.63, 3.8) is 0 Å². The van der Waals surface area contributed by atoms with Crippen molar-refractivity contribution in [3.8, 4) is 5.75 Å². The van der Waals surface area contributed by atoms with Crippen LogP contribution >= 0.6 is 0 Å². The molecule has 1 rings (SSSR count). The number of nitro benzene ring substituents is 1. The lowest BCUT2D eigenvalue weighted by Gasteiger charge is -2.04. The van der Waals surface area contributed by atoms with E-state index >= 15 is 0 Å². The molecule has 0 heterocycles. The maximum Gasteiger partial charge on any atom is 0.310 e. The molecule has 0 atom stereocenters. The fourth-order valence-electron chi connectivity index (χ4n) is 1.11. The number of benzene rings is 1. The van der Waals surface area contributed by atoms with Crippen LogP contribution in [-0.4, -0.2) is 24.2 Å². The van der Waals surface area contributed by atoms with E-state index < -0.39 is 17.1 Å². The van der Waals surface area contributed by atoms with Crippen LogP contribution in [0.5, 0.6) is 5.75 Å². The SMILES string of the molecule is COc1cc(C(=O)C(F)F)ccc1[N+](=O)[O-]. The quantitative estimate of drug-likeness (QED) is 0.451. The molecule has 0 fully saturated rings. The van der Waals surface area contributed by atoms with Crippen LogP contribution in [0.25, 0.3) is 0 Å². The Bertz CT molecular complexity index is 434. The summed E-state index contributed by atoms with van der Waals surface area (Å²) in [6, 6.07) is 2.84. The van der Waals surface area contributed by atoms with Gasteiger partial charge in [0.2, 0.25) is 5.78 Å². The molecule has 0 unspecified atom stereocenters. The van der Waals surface area contributed by atoms with Gasteiger partial charge >= 0.3 is 12.1 Å². The van der Waals surface area contributed by atoms with Gasteiger partial charge in [-0.15, -0.1) is 0 Å². The van der Waals surface area contributed by atoms with E-state index in [2.05, 4.69) is 4.74 Å². The highest BCUT2D eigenvalue weighted by molar-refractivity contribution is 5.99. The first-order valence-electron chi connectivity index (χ1n) is 4.12. The molecule has 0 spiro atoms. The van der Waals surface area contributed by atoms with Crippen LogP contribution in [0.2, 0.25) is 0 Å². The Morgan fingerprint density at radius 1 is 1.50 bits per heavy atom. The molecule has 0 radical (unpaired) electrons. The molecule has 0 aromatic heterocycles. The van der Waals surface area contributed by atoms with Crippen molar-refractivity contribution in [2.24, 2.45) is 0 Å². The Morgan fingerprint density at radius 3 is 2.56 bits per heavy atom. The number of halogens is 2. The van der Waals surface area contributed by atoms with Gasteiger partial charge in [-0.3, -0.25) is 14.9 Å². The van der Waals surface area contributed by atoms with E-state index in [1.807, 2.05) is 0 Å². The number of methoxy groups -OCH3 is 1. The molecular weight excluding hydrogens is 224 g/mol. The summed E-state index contributed by atoms with van der Waals surface area (Å²) in [5.41, 5.74) is -0.703. The fraction of sp³-hybridized carbons (Fsp3) is 0.222. The second kappa shape index (κ2) is 4.65. The van der Waals surface area contributed by atoms with Crippen molar-refractivity contribution in [2.45, 2.75) is 6.43 Å². The van der Waals surface area contributed by atoms with Crippen molar-refractivity contribution < 1.29 is 23.2 Å². The average Bonchev–Trinajstić information content (AvgIpc) is 2.26. The largest absolute Gasteiger partial charge is 0.490 e. The second-order valence-electron chi connectivity index (χ2n) is 2.81. The third-order valence-electron chi connectivity index (χ3n) is 1.86. The number of hydrogen-bond acceptors (Lipinski definition) is 4. The molecule has 1 aromatic rings. The maximum atomic E-state index is 12.1. The molecule has 5 nitrogen and oxygen atoms in total. The molecule has 0 bridgehead atoms. The van der Waals surface area contributed by atoms with E-state index in [-0.39, 0.29) is 17.0 Å². The number of rotatable bonds is 4. The molecule has 0 amide bonds. The van der Waals surface area contributed by atoms with Gasteiger partial charge in [-0.1, -0.05) is 0 Å².